The average Bonchev–Trinajstić information content (AvgIpc) is 2.92. The van der Waals surface area contributed by atoms with Crippen LogP contribution in [0.4, 0.5) is 5.13 Å². The Kier molecular flexibility index (Phi) is 4.60. The van der Waals surface area contributed by atoms with Crippen molar-refractivity contribution in [1.29, 1.82) is 0 Å². The van der Waals surface area contributed by atoms with Crippen LogP contribution in [0.2, 0.25) is 0 Å². The molecule has 0 atom stereocenters. The molecule has 132 valence electrons. The van der Waals surface area contributed by atoms with Crippen molar-refractivity contribution in [2.45, 2.75) is 46.1 Å². The lowest BCUT2D eigenvalue weighted by Crippen LogP contribution is -2.36. The highest BCUT2D eigenvalue weighted by Gasteiger charge is 2.32. The predicted molar refractivity (Wildman–Crippen MR) is 96.5 cm³/mol. The van der Waals surface area contributed by atoms with Gasteiger partial charge in [0.25, 0.3) is 5.91 Å². The van der Waals surface area contributed by atoms with E-state index in [0.717, 1.165) is 11.4 Å². The van der Waals surface area contributed by atoms with Crippen molar-refractivity contribution in [3.8, 4) is 5.75 Å². The second-order valence-corrected chi connectivity index (χ2v) is 8.29. The number of anilines is 1. The average molecular weight is 359 g/mol. The number of Topliss-reactive ketones (excluding diaryl/α,β-unsaturated/α-hetero) is 1. The number of aromatic nitrogens is 2. The highest BCUT2D eigenvalue weighted by Crippen LogP contribution is 2.33. The highest BCUT2D eigenvalue weighted by molar-refractivity contribution is 7.15. The molecule has 0 aliphatic carbocycles. The minimum Gasteiger partial charge on any atom is -0.487 e. The molecular weight excluding hydrogens is 338 g/mol. The van der Waals surface area contributed by atoms with E-state index in [0.29, 0.717) is 34.3 Å². The van der Waals surface area contributed by atoms with Crippen LogP contribution in [0, 0.1) is 5.92 Å². The zero-order chi connectivity index (χ0) is 18.2. The summed E-state index contributed by atoms with van der Waals surface area (Å²) in [5.41, 5.74) is 0.327. The van der Waals surface area contributed by atoms with Gasteiger partial charge in [0.05, 0.1) is 12.0 Å². The number of fused-ring (bicyclic) bond motifs is 1. The number of rotatable bonds is 4. The molecule has 1 N–H and O–H groups in total. The standard InChI is InChI=1S/C18H21N3O3S/c1-10(2)7-15-20-21-17(25-15)19-16(23)11-5-6-14-12(8-11)13(22)9-18(3,4)24-14/h5-6,8,10H,7,9H2,1-4H3,(H,19,21,23). The molecule has 6 nitrogen and oxygen atoms in total. The number of carbonyl (C=O) groups excluding carboxylic acids is 2. The molecule has 2 aromatic rings. The maximum Gasteiger partial charge on any atom is 0.257 e. The summed E-state index contributed by atoms with van der Waals surface area (Å²) >= 11 is 1.37. The Morgan fingerprint density at radius 2 is 2.12 bits per heavy atom. The SMILES string of the molecule is CC(C)Cc1nnc(NC(=O)c2ccc3c(c2)C(=O)CC(C)(C)O3)s1. The summed E-state index contributed by atoms with van der Waals surface area (Å²) in [7, 11) is 0. The zero-order valence-corrected chi connectivity index (χ0v) is 15.6. The molecule has 0 spiro atoms. The Balaban J connectivity index is 1.76. The summed E-state index contributed by atoms with van der Waals surface area (Å²) in [5.74, 6) is 0.670. The van der Waals surface area contributed by atoms with Gasteiger partial charge >= 0.3 is 0 Å². The van der Waals surface area contributed by atoms with Crippen molar-refractivity contribution < 1.29 is 14.3 Å². The Labute approximate surface area is 150 Å². The van der Waals surface area contributed by atoms with Gasteiger partial charge in [0.1, 0.15) is 16.4 Å². The fraction of sp³-hybridized carbons (Fsp3) is 0.444. The summed E-state index contributed by atoms with van der Waals surface area (Å²) in [4.78, 5) is 24.7. The molecule has 0 saturated carbocycles. The summed E-state index contributed by atoms with van der Waals surface area (Å²) in [6.07, 6.45) is 1.12. The zero-order valence-electron chi connectivity index (χ0n) is 14.8. The maximum absolute atomic E-state index is 12.4. The predicted octanol–water partition coefficient (Wildman–Crippen LogP) is 3.73. The molecule has 0 saturated heterocycles. The van der Waals surface area contributed by atoms with E-state index in [1.54, 1.807) is 18.2 Å². The van der Waals surface area contributed by atoms with E-state index in [4.69, 9.17) is 4.74 Å². The number of benzene rings is 1. The summed E-state index contributed by atoms with van der Waals surface area (Å²) < 4.78 is 5.81. The van der Waals surface area contributed by atoms with E-state index in [2.05, 4.69) is 29.4 Å². The van der Waals surface area contributed by atoms with Crippen LogP contribution >= 0.6 is 11.3 Å². The number of amides is 1. The molecule has 1 aliphatic heterocycles. The van der Waals surface area contributed by atoms with E-state index >= 15 is 0 Å². The molecule has 3 rings (SSSR count). The van der Waals surface area contributed by atoms with Gasteiger partial charge in [0.2, 0.25) is 5.13 Å². The third-order valence-corrected chi connectivity index (χ3v) is 4.65. The summed E-state index contributed by atoms with van der Waals surface area (Å²) in [6.45, 7) is 7.96. The second kappa shape index (κ2) is 6.55. The van der Waals surface area contributed by atoms with Crippen LogP contribution in [0.1, 0.15) is 59.8 Å². The Bertz CT molecular complexity index is 827. The van der Waals surface area contributed by atoms with Crippen LogP contribution < -0.4 is 10.1 Å². The lowest BCUT2D eigenvalue weighted by molar-refractivity contribution is 0.0620. The number of nitrogens with one attached hydrogen (secondary N) is 1. The van der Waals surface area contributed by atoms with Gasteiger partial charge in [0, 0.05) is 12.0 Å². The number of ether oxygens (including phenoxy) is 1. The van der Waals surface area contributed by atoms with Crippen molar-refractivity contribution in [2.75, 3.05) is 5.32 Å². The highest BCUT2D eigenvalue weighted by atomic mass is 32.1. The normalized spacial score (nSPS) is 15.6. The van der Waals surface area contributed by atoms with Crippen LogP contribution in [0.15, 0.2) is 18.2 Å². The molecule has 0 bridgehead atoms. The second-order valence-electron chi connectivity index (χ2n) is 7.23. The Morgan fingerprint density at radius 1 is 1.36 bits per heavy atom. The van der Waals surface area contributed by atoms with Gasteiger partial charge in [0.15, 0.2) is 5.78 Å². The quantitative estimate of drug-likeness (QED) is 0.899. The van der Waals surface area contributed by atoms with E-state index in [1.807, 2.05) is 13.8 Å². The van der Waals surface area contributed by atoms with Crippen molar-refractivity contribution in [2.24, 2.45) is 5.92 Å². The molecule has 2 heterocycles. The van der Waals surface area contributed by atoms with Crippen LogP contribution in [0.3, 0.4) is 0 Å². The van der Waals surface area contributed by atoms with Crippen LogP contribution in [-0.2, 0) is 6.42 Å². The summed E-state index contributed by atoms with van der Waals surface area (Å²) in [5, 5.41) is 12.2. The third kappa shape index (κ3) is 4.04. The van der Waals surface area contributed by atoms with Gasteiger partial charge < -0.3 is 4.74 Å². The fourth-order valence-corrected chi connectivity index (χ4v) is 3.65. The summed E-state index contributed by atoms with van der Waals surface area (Å²) in [6, 6.07) is 4.91. The molecule has 0 fully saturated rings. The van der Waals surface area contributed by atoms with Gasteiger partial charge in [-0.05, 0) is 38.0 Å². The minimum absolute atomic E-state index is 0.0176. The van der Waals surface area contributed by atoms with Crippen molar-refractivity contribution in [3.05, 3.63) is 34.3 Å². The first kappa shape index (κ1) is 17.5. The van der Waals surface area contributed by atoms with E-state index in [9.17, 15) is 9.59 Å². The number of ketones is 1. The van der Waals surface area contributed by atoms with Gasteiger partial charge in [-0.25, -0.2) is 0 Å². The van der Waals surface area contributed by atoms with Crippen molar-refractivity contribution in [1.82, 2.24) is 10.2 Å². The van der Waals surface area contributed by atoms with Crippen molar-refractivity contribution in [3.63, 3.8) is 0 Å². The minimum atomic E-state index is -0.521. The molecule has 1 amide bonds. The monoisotopic (exact) mass is 359 g/mol. The molecule has 0 unspecified atom stereocenters. The molecule has 1 aromatic heterocycles. The number of hydrogen-bond acceptors (Lipinski definition) is 6. The van der Waals surface area contributed by atoms with Crippen molar-refractivity contribution >= 4 is 28.2 Å². The van der Waals surface area contributed by atoms with E-state index in [1.165, 1.54) is 11.3 Å². The molecule has 7 heteroatoms. The molecule has 0 radical (unpaired) electrons. The van der Waals surface area contributed by atoms with Gasteiger partial charge in [-0.15, -0.1) is 10.2 Å². The van der Waals surface area contributed by atoms with E-state index < -0.39 is 5.60 Å². The topological polar surface area (TPSA) is 81.2 Å². The number of carbonyl (C=O) groups is 2. The lowest BCUT2D eigenvalue weighted by atomic mass is 9.92. The van der Waals surface area contributed by atoms with Crippen LogP contribution in [-0.4, -0.2) is 27.5 Å². The lowest BCUT2D eigenvalue weighted by Gasteiger charge is -2.31. The first-order valence-electron chi connectivity index (χ1n) is 8.23. The largest absolute Gasteiger partial charge is 0.487 e. The number of hydrogen-bond donors (Lipinski definition) is 1. The first-order chi connectivity index (χ1) is 11.7. The van der Waals surface area contributed by atoms with E-state index in [-0.39, 0.29) is 11.7 Å². The smallest absolute Gasteiger partial charge is 0.257 e. The maximum atomic E-state index is 12.4. The van der Waals surface area contributed by atoms with Gasteiger partial charge in [-0.2, -0.15) is 0 Å². The fourth-order valence-electron chi connectivity index (χ4n) is 2.70. The van der Waals surface area contributed by atoms with Gasteiger partial charge in [-0.3, -0.25) is 14.9 Å². The Hall–Kier alpha value is -2.28. The molecular formula is C18H21N3O3S. The first-order valence-corrected chi connectivity index (χ1v) is 9.05. The van der Waals surface area contributed by atoms with Gasteiger partial charge in [-0.1, -0.05) is 25.2 Å². The third-order valence-electron chi connectivity index (χ3n) is 3.78. The molecule has 1 aromatic carbocycles. The number of nitrogens with zero attached hydrogens (tertiary/aromatic N) is 2. The van der Waals surface area contributed by atoms with Crippen LogP contribution in [0.5, 0.6) is 5.75 Å². The Morgan fingerprint density at radius 3 is 2.84 bits per heavy atom. The molecule has 1 aliphatic rings. The van der Waals surface area contributed by atoms with Crippen LogP contribution in [0.25, 0.3) is 0 Å². The molecule has 25 heavy (non-hydrogen) atoms.